The van der Waals surface area contributed by atoms with Gasteiger partial charge in [-0.3, -0.25) is 15.4 Å². The number of amides is 3. The third kappa shape index (κ3) is 11.2. The maximum Gasteiger partial charge on any atom is 0.411 e. The van der Waals surface area contributed by atoms with Crippen LogP contribution in [0.1, 0.15) is 42.9 Å². The lowest BCUT2D eigenvalue weighted by Crippen LogP contribution is -2.65. The van der Waals surface area contributed by atoms with E-state index in [0.29, 0.717) is 48.1 Å². The Kier molecular flexibility index (Phi) is 16.0. The molecule has 3 saturated heterocycles. The Morgan fingerprint density at radius 2 is 1.16 bits per heavy atom. The number of carbonyl (C=O) groups excluding carboxylic acids is 3. The minimum Gasteiger partial charge on any atom is -0.508 e. The number of anilines is 3. The standard InChI is InChI=1S/C58H57F2N3O16/c59-38-18-7-9-20-40(38)61-55(71)74-30-43-45(65)46(66)48(68)53(77-43)79-50-44(31-75-56(72)62-41-21-10-8-19-39(41)60)78-52(49(69)47(50)67)76-36-17-11-12-32(28-36)33-22-23-37(42(64)29-33)51-57(54(70)63(51)35-15-5-2-6-16-35)24-26-58(73,27-25-57)34-13-3-1-4-14-34/h1-23,28-29,43-53,64-69,73H,24-27,30-31H2,(H,61,71)(H,62,72)/t43?,44-,45-,46+,47-,48-,49-,50?,51-,52-,53+,57?,58?/m1/s1. The van der Waals surface area contributed by atoms with Crippen LogP contribution in [0.3, 0.4) is 0 Å². The minimum atomic E-state index is -2.03. The molecule has 21 heteroatoms. The van der Waals surface area contributed by atoms with E-state index in [1.807, 2.05) is 60.7 Å². The summed E-state index contributed by atoms with van der Waals surface area (Å²) >= 11 is 0. The summed E-state index contributed by atoms with van der Waals surface area (Å²) in [5, 5.41) is 84.0. The molecule has 79 heavy (non-hydrogen) atoms. The van der Waals surface area contributed by atoms with Crippen LogP contribution in [0, 0.1) is 17.0 Å². The van der Waals surface area contributed by atoms with Crippen LogP contribution in [0.2, 0.25) is 0 Å². The maximum absolute atomic E-state index is 14.5. The number of phenolic OH excluding ortho intramolecular Hbond substituents is 1. The molecule has 1 aliphatic carbocycles. The third-order valence-electron chi connectivity index (χ3n) is 15.1. The predicted molar refractivity (Wildman–Crippen MR) is 277 cm³/mol. The van der Waals surface area contributed by atoms with Crippen LogP contribution in [-0.2, 0) is 34.1 Å². The summed E-state index contributed by atoms with van der Waals surface area (Å²) in [4.78, 5) is 41.6. The molecule has 3 heterocycles. The molecule has 10 rings (SSSR count). The number of aromatic hydroxyl groups is 1. The number of carbonyl (C=O) groups is 3. The van der Waals surface area contributed by atoms with Gasteiger partial charge in [-0.15, -0.1) is 0 Å². The molecule has 11 atom stereocenters. The lowest BCUT2D eigenvalue weighted by molar-refractivity contribution is -0.352. The average Bonchev–Trinajstić information content (AvgIpc) is 3.65. The molecular weight excluding hydrogens is 1030 g/mol. The Bertz CT molecular complexity index is 3130. The number of hydrogen-bond donors (Lipinski definition) is 9. The molecule has 1 spiro atoms. The van der Waals surface area contributed by atoms with E-state index in [4.69, 9.17) is 28.4 Å². The van der Waals surface area contributed by atoms with Crippen LogP contribution in [0.25, 0.3) is 11.1 Å². The van der Waals surface area contributed by atoms with Gasteiger partial charge in [-0.25, -0.2) is 18.4 Å². The molecule has 3 aliphatic heterocycles. The van der Waals surface area contributed by atoms with Crippen molar-refractivity contribution in [3.8, 4) is 22.6 Å². The summed E-state index contributed by atoms with van der Waals surface area (Å²) in [5.41, 5.74) is 0.531. The zero-order chi connectivity index (χ0) is 55.6. The van der Waals surface area contributed by atoms with Crippen LogP contribution in [-0.4, -0.2) is 128 Å². The molecule has 19 nitrogen and oxygen atoms in total. The Hall–Kier alpha value is -7.57. The van der Waals surface area contributed by atoms with Crippen LogP contribution in [0.4, 0.5) is 35.4 Å². The molecule has 4 aliphatic rings. The van der Waals surface area contributed by atoms with Crippen molar-refractivity contribution >= 4 is 35.2 Å². The monoisotopic (exact) mass is 1090 g/mol. The van der Waals surface area contributed by atoms with Crippen LogP contribution in [0.15, 0.2) is 152 Å². The van der Waals surface area contributed by atoms with Gasteiger partial charge in [-0.1, -0.05) is 97.1 Å². The van der Waals surface area contributed by atoms with E-state index in [9.17, 15) is 58.9 Å². The first-order chi connectivity index (χ1) is 38.0. The molecular formula is C58H57F2N3O16. The van der Waals surface area contributed by atoms with Gasteiger partial charge < -0.3 is 69.1 Å². The zero-order valence-electron chi connectivity index (χ0n) is 42.0. The van der Waals surface area contributed by atoms with Crippen molar-refractivity contribution in [3.63, 3.8) is 0 Å². The lowest BCUT2D eigenvalue weighted by atomic mass is 9.56. The number of β-lactam (4-membered cyclic amide) rings is 1. The Morgan fingerprint density at radius 1 is 0.608 bits per heavy atom. The predicted octanol–water partition coefficient (Wildman–Crippen LogP) is 6.39. The summed E-state index contributed by atoms with van der Waals surface area (Å²) in [6.07, 6.45) is -19.4. The average molecular weight is 1090 g/mol. The smallest absolute Gasteiger partial charge is 0.411 e. The molecule has 1 saturated carbocycles. The molecule has 3 amide bonds. The van der Waals surface area contributed by atoms with Gasteiger partial charge in [0.25, 0.3) is 0 Å². The second kappa shape index (κ2) is 23.0. The van der Waals surface area contributed by atoms with E-state index in [0.717, 1.165) is 17.7 Å². The quantitative estimate of drug-likeness (QED) is 0.0535. The highest BCUT2D eigenvalue weighted by Gasteiger charge is 2.64. The normalized spacial score (nSPS) is 29.5. The molecule has 0 radical (unpaired) electrons. The number of hydrogen-bond acceptors (Lipinski definition) is 16. The van der Waals surface area contributed by atoms with Gasteiger partial charge in [0.1, 0.15) is 85.2 Å². The highest BCUT2D eigenvalue weighted by molar-refractivity contribution is 6.06. The van der Waals surface area contributed by atoms with Gasteiger partial charge in [0, 0.05) is 11.3 Å². The second-order valence-electron chi connectivity index (χ2n) is 19.9. The highest BCUT2D eigenvalue weighted by atomic mass is 19.1. The van der Waals surface area contributed by atoms with Gasteiger partial charge in [0.05, 0.1) is 28.4 Å². The summed E-state index contributed by atoms with van der Waals surface area (Å²) in [7, 11) is 0. The number of aliphatic hydroxyl groups excluding tert-OH is 5. The molecule has 9 N–H and O–H groups in total. The number of nitrogens with one attached hydrogen (secondary N) is 2. The van der Waals surface area contributed by atoms with Crippen molar-refractivity contribution in [3.05, 3.63) is 174 Å². The first-order valence-electron chi connectivity index (χ1n) is 25.5. The van der Waals surface area contributed by atoms with Gasteiger partial charge in [0.2, 0.25) is 12.2 Å². The number of ether oxygens (including phenoxy) is 6. The SMILES string of the molecule is O=C(Nc1ccccc1F)OCC1O[C@@H](OC2[C@@H](COC(=O)Nc3ccccc3F)O[C@@H](Oc3cccc(-c4ccc([C@H]5N(c6ccccc6)C(=O)C56CCC(O)(c5ccccc5)CC6)c(O)c4)c3)[C@H](O)[C@H]2O)[C@H](O)[C@@H](O)[C@@H]1O. The Labute approximate surface area is 451 Å². The summed E-state index contributed by atoms with van der Waals surface area (Å²) in [6, 6.07) is 40.0. The van der Waals surface area contributed by atoms with Crippen molar-refractivity contribution in [2.75, 3.05) is 28.7 Å². The Morgan fingerprint density at radius 3 is 1.78 bits per heavy atom. The number of para-hydroxylation sites is 3. The van der Waals surface area contributed by atoms with E-state index in [-0.39, 0.29) is 28.8 Å². The Balaban J connectivity index is 0.861. The fourth-order valence-corrected chi connectivity index (χ4v) is 10.8. The van der Waals surface area contributed by atoms with E-state index in [1.165, 1.54) is 42.5 Å². The maximum atomic E-state index is 14.5. The fraction of sp³-hybridized carbons (Fsp3) is 0.328. The molecule has 4 fully saturated rings. The minimum absolute atomic E-state index is 0.0885. The number of phenols is 1. The summed E-state index contributed by atoms with van der Waals surface area (Å²) in [6.45, 7) is -1.55. The molecule has 0 aromatic heterocycles. The van der Waals surface area contributed by atoms with Gasteiger partial charge in [-0.05, 0) is 97.0 Å². The zero-order valence-corrected chi connectivity index (χ0v) is 42.0. The van der Waals surface area contributed by atoms with E-state index >= 15 is 0 Å². The van der Waals surface area contributed by atoms with Crippen LogP contribution in [0.5, 0.6) is 11.5 Å². The number of halogens is 2. The third-order valence-corrected chi connectivity index (χ3v) is 15.1. The second-order valence-corrected chi connectivity index (χ2v) is 19.9. The summed E-state index contributed by atoms with van der Waals surface area (Å²) < 4.78 is 63.0. The highest BCUT2D eigenvalue weighted by Crippen LogP contribution is 2.62. The number of rotatable bonds is 14. The van der Waals surface area contributed by atoms with Crippen molar-refractivity contribution in [1.82, 2.24) is 0 Å². The molecule has 6 aromatic carbocycles. The number of aliphatic hydroxyl groups is 6. The largest absolute Gasteiger partial charge is 0.508 e. The van der Waals surface area contributed by atoms with Crippen molar-refractivity contribution < 1.29 is 87.3 Å². The fourth-order valence-electron chi connectivity index (χ4n) is 10.8. The summed E-state index contributed by atoms with van der Waals surface area (Å²) in [5.74, 6) is -1.64. The topological polar surface area (TPSA) is 275 Å². The van der Waals surface area contributed by atoms with Crippen molar-refractivity contribution in [2.45, 2.75) is 98.7 Å². The molecule has 2 unspecified atom stereocenters. The van der Waals surface area contributed by atoms with E-state index in [2.05, 4.69) is 10.6 Å². The van der Waals surface area contributed by atoms with Crippen LogP contribution < -0.4 is 20.3 Å². The number of benzene rings is 6. The molecule has 6 aromatic rings. The lowest BCUT2D eigenvalue weighted by Gasteiger charge is -2.59. The first kappa shape index (κ1) is 54.8. The van der Waals surface area contributed by atoms with Crippen molar-refractivity contribution in [2.24, 2.45) is 5.41 Å². The van der Waals surface area contributed by atoms with E-state index < -0.39 is 116 Å². The first-order valence-corrected chi connectivity index (χ1v) is 25.5. The van der Waals surface area contributed by atoms with E-state index in [1.54, 1.807) is 41.3 Å². The molecule has 414 valence electrons. The van der Waals surface area contributed by atoms with Gasteiger partial charge in [0.15, 0.2) is 6.29 Å². The van der Waals surface area contributed by atoms with Gasteiger partial charge in [-0.2, -0.15) is 0 Å². The van der Waals surface area contributed by atoms with Crippen molar-refractivity contribution in [1.29, 1.82) is 0 Å². The molecule has 0 bridgehead atoms. The van der Waals surface area contributed by atoms with Crippen LogP contribution >= 0.6 is 0 Å². The number of nitrogens with zero attached hydrogens (tertiary/aromatic N) is 1. The van der Waals surface area contributed by atoms with Gasteiger partial charge >= 0.3 is 12.2 Å².